The van der Waals surface area contributed by atoms with E-state index < -0.39 is 36.0 Å². The van der Waals surface area contributed by atoms with E-state index in [9.17, 15) is 39.9 Å². The van der Waals surface area contributed by atoms with Crippen LogP contribution < -0.4 is 5.32 Å². The summed E-state index contributed by atoms with van der Waals surface area (Å²) < 4.78 is 101. The lowest BCUT2D eigenvalue weighted by molar-refractivity contribution is -0.326. The average molecular weight is 323 g/mol. The van der Waals surface area contributed by atoms with E-state index in [-0.39, 0.29) is 0 Å². The van der Waals surface area contributed by atoms with Gasteiger partial charge >= 0.3 is 30.1 Å². The molecule has 0 radical (unpaired) electrons. The van der Waals surface area contributed by atoms with E-state index in [0.717, 1.165) is 17.7 Å². The molecule has 118 valence electrons. The van der Waals surface area contributed by atoms with E-state index in [0.29, 0.717) is 0 Å². The Hall–Kier alpha value is -2.01. The third-order valence-electron chi connectivity index (χ3n) is 2.16. The van der Waals surface area contributed by atoms with Gasteiger partial charge < -0.3 is 0 Å². The number of carbonyl (C=O) groups is 1. The summed E-state index contributed by atoms with van der Waals surface area (Å²) in [6, 6.07) is 1.17. The fourth-order valence-corrected chi connectivity index (χ4v) is 1.03. The summed E-state index contributed by atoms with van der Waals surface area (Å²) in [6.45, 7) is 0. The van der Waals surface area contributed by atoms with Gasteiger partial charge in [0.05, 0.1) is 0 Å². The zero-order chi connectivity index (χ0) is 16.5. The van der Waals surface area contributed by atoms with Crippen molar-refractivity contribution in [1.82, 2.24) is 9.97 Å². The molecule has 0 aliphatic rings. The van der Waals surface area contributed by atoms with Crippen LogP contribution in [0.4, 0.5) is 41.1 Å². The number of rotatable bonds is 5. The van der Waals surface area contributed by atoms with Gasteiger partial charge in [-0.25, -0.2) is 18.7 Å². The molecule has 0 spiro atoms. The standard InChI is InChI=1S/C9H5F8N3O/c10-4(11)7(12,13)9(16,17)8(14,15)5(21)20-6-18-2-1-3-19-6/h1-4H,(H,18,19,20,21). The zero-order valence-electron chi connectivity index (χ0n) is 9.64. The zero-order valence-corrected chi connectivity index (χ0v) is 9.64. The van der Waals surface area contributed by atoms with Crippen LogP contribution in [0, 0.1) is 0 Å². The van der Waals surface area contributed by atoms with Crippen LogP contribution in [0.2, 0.25) is 0 Å². The van der Waals surface area contributed by atoms with Gasteiger partial charge in [0.25, 0.3) is 0 Å². The third-order valence-corrected chi connectivity index (χ3v) is 2.16. The summed E-state index contributed by atoms with van der Waals surface area (Å²) in [4.78, 5) is 17.3. The molecule has 1 N–H and O–H groups in total. The normalized spacial score (nSPS) is 13.4. The molecule has 12 heteroatoms. The van der Waals surface area contributed by atoms with Crippen molar-refractivity contribution in [1.29, 1.82) is 0 Å². The molecule has 0 atom stereocenters. The fourth-order valence-electron chi connectivity index (χ4n) is 1.03. The van der Waals surface area contributed by atoms with Crippen LogP contribution in [0.15, 0.2) is 18.5 Å². The smallest absolute Gasteiger partial charge is 0.289 e. The first-order valence-corrected chi connectivity index (χ1v) is 4.94. The van der Waals surface area contributed by atoms with Gasteiger partial charge in [0.15, 0.2) is 0 Å². The summed E-state index contributed by atoms with van der Waals surface area (Å²) >= 11 is 0. The van der Waals surface area contributed by atoms with Crippen molar-refractivity contribution >= 4 is 11.9 Å². The van der Waals surface area contributed by atoms with E-state index in [1.54, 1.807) is 0 Å². The number of halogens is 8. The lowest BCUT2D eigenvalue weighted by Crippen LogP contribution is -2.61. The molecular weight excluding hydrogens is 318 g/mol. The van der Waals surface area contributed by atoms with Gasteiger partial charge in [-0.05, 0) is 6.07 Å². The first-order chi connectivity index (χ1) is 9.44. The van der Waals surface area contributed by atoms with Gasteiger partial charge in [-0.3, -0.25) is 10.1 Å². The van der Waals surface area contributed by atoms with Crippen LogP contribution in [0.5, 0.6) is 0 Å². The molecule has 21 heavy (non-hydrogen) atoms. The molecule has 1 aromatic rings. The fraction of sp³-hybridized carbons (Fsp3) is 0.444. The van der Waals surface area contributed by atoms with Crippen molar-refractivity contribution in [2.75, 3.05) is 5.32 Å². The van der Waals surface area contributed by atoms with Crippen molar-refractivity contribution in [3.63, 3.8) is 0 Å². The Morgan fingerprint density at radius 2 is 1.52 bits per heavy atom. The Balaban J connectivity index is 3.06. The predicted octanol–water partition coefficient (Wildman–Crippen LogP) is 2.59. The average Bonchev–Trinajstić information content (AvgIpc) is 2.39. The summed E-state index contributed by atoms with van der Waals surface area (Å²) in [5.41, 5.74) is 0. The Labute approximate surface area is 111 Å². The van der Waals surface area contributed by atoms with Gasteiger partial charge in [-0.15, -0.1) is 0 Å². The summed E-state index contributed by atoms with van der Waals surface area (Å²) in [5, 5.41) is 1.03. The van der Waals surface area contributed by atoms with Crippen LogP contribution in [-0.2, 0) is 4.79 Å². The monoisotopic (exact) mass is 323 g/mol. The second kappa shape index (κ2) is 5.41. The topological polar surface area (TPSA) is 54.9 Å². The number of alkyl halides is 8. The molecule has 0 aliphatic carbocycles. The maximum atomic E-state index is 13.1. The van der Waals surface area contributed by atoms with Crippen molar-refractivity contribution in [3.05, 3.63) is 18.5 Å². The number of amides is 1. The molecule has 4 nitrogen and oxygen atoms in total. The summed E-state index contributed by atoms with van der Waals surface area (Å²) in [5.74, 6) is -23.0. The van der Waals surface area contributed by atoms with Gasteiger partial charge in [0.2, 0.25) is 5.95 Å². The van der Waals surface area contributed by atoms with Crippen molar-refractivity contribution in [2.45, 2.75) is 24.2 Å². The molecule has 0 unspecified atom stereocenters. The SMILES string of the molecule is O=C(Nc1ncccn1)C(F)(F)C(F)(F)C(F)(F)C(F)F. The first kappa shape index (κ1) is 17.0. The van der Waals surface area contributed by atoms with Gasteiger partial charge in [-0.1, -0.05) is 0 Å². The number of nitrogens with zero attached hydrogens (tertiary/aromatic N) is 2. The Bertz CT molecular complexity index is 507. The molecule has 1 aromatic heterocycles. The molecule has 0 saturated carbocycles. The van der Waals surface area contributed by atoms with E-state index in [1.807, 2.05) is 0 Å². The van der Waals surface area contributed by atoms with E-state index in [1.165, 1.54) is 6.07 Å². The minimum Gasteiger partial charge on any atom is -0.289 e. The Morgan fingerprint density at radius 1 is 1.05 bits per heavy atom. The highest BCUT2D eigenvalue weighted by Gasteiger charge is 2.78. The van der Waals surface area contributed by atoms with Crippen molar-refractivity contribution < 1.29 is 39.9 Å². The minimum absolute atomic E-state index is 0.890. The van der Waals surface area contributed by atoms with Gasteiger partial charge in [-0.2, -0.15) is 26.3 Å². The lowest BCUT2D eigenvalue weighted by atomic mass is 10.0. The number of carbonyl (C=O) groups excluding carboxylic acids is 1. The first-order valence-electron chi connectivity index (χ1n) is 4.94. The Kier molecular flexibility index (Phi) is 4.39. The highest BCUT2D eigenvalue weighted by atomic mass is 19.4. The third kappa shape index (κ3) is 2.88. The molecule has 0 aliphatic heterocycles. The Morgan fingerprint density at radius 3 is 1.95 bits per heavy atom. The second-order valence-electron chi connectivity index (χ2n) is 3.60. The van der Waals surface area contributed by atoms with Gasteiger partial charge in [0, 0.05) is 12.4 Å². The number of nitrogens with one attached hydrogen (secondary N) is 1. The maximum Gasteiger partial charge on any atom is 0.393 e. The highest BCUT2D eigenvalue weighted by molar-refractivity contribution is 5.95. The number of hydrogen-bond acceptors (Lipinski definition) is 3. The molecule has 1 heterocycles. The molecule has 0 bridgehead atoms. The van der Waals surface area contributed by atoms with Crippen LogP contribution in [0.3, 0.4) is 0 Å². The van der Waals surface area contributed by atoms with Crippen molar-refractivity contribution in [2.24, 2.45) is 0 Å². The van der Waals surface area contributed by atoms with E-state index >= 15 is 0 Å². The number of hydrogen-bond donors (Lipinski definition) is 1. The highest BCUT2D eigenvalue weighted by Crippen LogP contribution is 2.48. The molecule has 1 rings (SSSR count). The summed E-state index contributed by atoms with van der Waals surface area (Å²) in [6.07, 6.45) is -3.25. The van der Waals surface area contributed by atoms with Crippen molar-refractivity contribution in [3.8, 4) is 0 Å². The number of aromatic nitrogens is 2. The van der Waals surface area contributed by atoms with Gasteiger partial charge in [0.1, 0.15) is 0 Å². The number of anilines is 1. The molecule has 1 amide bonds. The molecule has 0 fully saturated rings. The molecular formula is C9H5F8N3O. The van der Waals surface area contributed by atoms with Crippen LogP contribution in [-0.4, -0.2) is 40.1 Å². The quantitative estimate of drug-likeness (QED) is 0.848. The predicted molar refractivity (Wildman–Crippen MR) is 51.5 cm³/mol. The molecule has 0 saturated heterocycles. The minimum atomic E-state index is -6.62. The van der Waals surface area contributed by atoms with E-state index in [2.05, 4.69) is 9.97 Å². The largest absolute Gasteiger partial charge is 0.393 e. The van der Waals surface area contributed by atoms with Crippen LogP contribution >= 0.6 is 0 Å². The molecule has 0 aromatic carbocycles. The second-order valence-corrected chi connectivity index (χ2v) is 3.60. The maximum absolute atomic E-state index is 13.1. The summed E-state index contributed by atoms with van der Waals surface area (Å²) in [7, 11) is 0. The van der Waals surface area contributed by atoms with Crippen LogP contribution in [0.25, 0.3) is 0 Å². The lowest BCUT2D eigenvalue weighted by Gasteiger charge is -2.30. The van der Waals surface area contributed by atoms with E-state index in [4.69, 9.17) is 0 Å². The van der Waals surface area contributed by atoms with Crippen LogP contribution in [0.1, 0.15) is 0 Å².